The van der Waals surface area contributed by atoms with Crippen molar-refractivity contribution in [2.45, 2.75) is 32.2 Å². The van der Waals surface area contributed by atoms with Crippen LogP contribution in [0, 0.1) is 20.8 Å². The molecule has 1 aliphatic rings. The van der Waals surface area contributed by atoms with Gasteiger partial charge in [-0.2, -0.15) is 5.10 Å². The van der Waals surface area contributed by atoms with E-state index in [-0.39, 0.29) is 11.4 Å². The topological polar surface area (TPSA) is 102 Å². The van der Waals surface area contributed by atoms with E-state index in [2.05, 4.69) is 24.7 Å². The maximum Gasteiger partial charge on any atom is 0.244 e. The molecular weight excluding hydrogens is 356 g/mol. The molecular formula is C16H24N6O3S. The molecule has 0 atom stereocenters. The summed E-state index contributed by atoms with van der Waals surface area (Å²) in [7, 11) is -1.97. The van der Waals surface area contributed by atoms with E-state index in [0.717, 1.165) is 24.6 Å². The Morgan fingerprint density at radius 2 is 1.88 bits per heavy atom. The van der Waals surface area contributed by atoms with Crippen LogP contribution >= 0.6 is 0 Å². The minimum absolute atomic E-state index is 0.0229. The van der Waals surface area contributed by atoms with E-state index in [1.54, 1.807) is 25.6 Å². The van der Waals surface area contributed by atoms with E-state index >= 15 is 0 Å². The van der Waals surface area contributed by atoms with Gasteiger partial charge in [0.1, 0.15) is 16.5 Å². The third-order valence-electron chi connectivity index (χ3n) is 4.35. The molecule has 26 heavy (non-hydrogen) atoms. The number of anilines is 1. The highest BCUT2D eigenvalue weighted by molar-refractivity contribution is 7.89. The van der Waals surface area contributed by atoms with Crippen LogP contribution in [-0.2, 0) is 28.4 Å². The Kier molecular flexibility index (Phi) is 5.26. The molecule has 0 aromatic carbocycles. The third-order valence-corrected chi connectivity index (χ3v) is 6.01. The van der Waals surface area contributed by atoms with Gasteiger partial charge >= 0.3 is 0 Å². The lowest BCUT2D eigenvalue weighted by Crippen LogP contribution is -2.37. The molecule has 2 aromatic heterocycles. The quantitative estimate of drug-likeness (QED) is 0.803. The van der Waals surface area contributed by atoms with Gasteiger partial charge in [0.05, 0.1) is 31.1 Å². The molecule has 1 saturated heterocycles. The molecule has 0 bridgehead atoms. The highest BCUT2D eigenvalue weighted by atomic mass is 32.2. The van der Waals surface area contributed by atoms with Crippen LogP contribution in [0.2, 0.25) is 0 Å². The molecule has 3 heterocycles. The molecule has 3 rings (SSSR count). The van der Waals surface area contributed by atoms with Gasteiger partial charge in [-0.3, -0.25) is 4.68 Å². The van der Waals surface area contributed by atoms with E-state index in [1.807, 2.05) is 13.0 Å². The first-order valence-corrected chi connectivity index (χ1v) is 9.93. The van der Waals surface area contributed by atoms with Gasteiger partial charge in [0.25, 0.3) is 0 Å². The number of aromatic nitrogens is 4. The number of hydrogen-bond donors (Lipinski definition) is 1. The average molecular weight is 380 g/mol. The minimum atomic E-state index is -3.70. The van der Waals surface area contributed by atoms with Crippen LogP contribution in [0.15, 0.2) is 11.0 Å². The van der Waals surface area contributed by atoms with Gasteiger partial charge in [0.2, 0.25) is 10.0 Å². The van der Waals surface area contributed by atoms with Gasteiger partial charge in [-0.1, -0.05) is 0 Å². The van der Waals surface area contributed by atoms with Crippen LogP contribution in [0.3, 0.4) is 0 Å². The van der Waals surface area contributed by atoms with Crippen molar-refractivity contribution in [1.82, 2.24) is 24.5 Å². The second-order valence-corrected chi connectivity index (χ2v) is 8.04. The maximum absolute atomic E-state index is 12.7. The van der Waals surface area contributed by atoms with Gasteiger partial charge in [0, 0.05) is 31.9 Å². The fraction of sp³-hybridized carbons (Fsp3) is 0.562. The summed E-state index contributed by atoms with van der Waals surface area (Å²) in [5, 5.41) is 4.17. The number of morpholine rings is 1. The Labute approximate surface area is 153 Å². The predicted molar refractivity (Wildman–Crippen MR) is 96.5 cm³/mol. The number of hydrogen-bond acceptors (Lipinski definition) is 7. The maximum atomic E-state index is 12.7. The molecule has 9 nitrogen and oxygen atoms in total. The van der Waals surface area contributed by atoms with Crippen molar-refractivity contribution >= 4 is 15.8 Å². The van der Waals surface area contributed by atoms with Gasteiger partial charge < -0.3 is 9.64 Å². The second kappa shape index (κ2) is 7.29. The largest absolute Gasteiger partial charge is 0.378 e. The van der Waals surface area contributed by atoms with Crippen molar-refractivity contribution < 1.29 is 13.2 Å². The zero-order valence-electron chi connectivity index (χ0n) is 15.5. The zero-order chi connectivity index (χ0) is 18.9. The number of nitrogens with zero attached hydrogens (tertiary/aromatic N) is 5. The number of rotatable bonds is 5. The first-order chi connectivity index (χ1) is 12.3. The van der Waals surface area contributed by atoms with Crippen molar-refractivity contribution in [2.24, 2.45) is 7.05 Å². The molecule has 0 amide bonds. The highest BCUT2D eigenvalue weighted by Crippen LogP contribution is 2.19. The summed E-state index contributed by atoms with van der Waals surface area (Å²) in [5.41, 5.74) is 1.86. The third kappa shape index (κ3) is 3.87. The second-order valence-electron chi connectivity index (χ2n) is 6.33. The molecule has 1 fully saturated rings. The Morgan fingerprint density at radius 3 is 2.50 bits per heavy atom. The van der Waals surface area contributed by atoms with Gasteiger partial charge in [-0.05, 0) is 20.8 Å². The first kappa shape index (κ1) is 18.7. The van der Waals surface area contributed by atoms with E-state index < -0.39 is 10.0 Å². The number of sulfonamides is 1. The normalized spacial score (nSPS) is 15.5. The van der Waals surface area contributed by atoms with Crippen molar-refractivity contribution in [3.63, 3.8) is 0 Å². The lowest BCUT2D eigenvalue weighted by Gasteiger charge is -2.28. The molecule has 0 saturated carbocycles. The Balaban J connectivity index is 1.79. The van der Waals surface area contributed by atoms with Gasteiger partial charge in [-0.25, -0.2) is 23.1 Å². The van der Waals surface area contributed by atoms with Crippen molar-refractivity contribution in [2.75, 3.05) is 31.2 Å². The molecule has 1 N–H and O–H groups in total. The summed E-state index contributed by atoms with van der Waals surface area (Å²) < 4.78 is 34.9. The number of ether oxygens (including phenoxy) is 1. The van der Waals surface area contributed by atoms with E-state index in [9.17, 15) is 8.42 Å². The predicted octanol–water partition coefficient (Wildman–Crippen LogP) is 0.450. The van der Waals surface area contributed by atoms with Crippen molar-refractivity contribution in [3.05, 3.63) is 29.0 Å². The van der Waals surface area contributed by atoms with Gasteiger partial charge in [0.15, 0.2) is 0 Å². The molecule has 0 aliphatic carbocycles. The first-order valence-electron chi connectivity index (χ1n) is 8.45. The molecule has 0 spiro atoms. The van der Waals surface area contributed by atoms with Crippen LogP contribution in [0.25, 0.3) is 0 Å². The van der Waals surface area contributed by atoms with E-state index in [4.69, 9.17) is 4.74 Å². The molecule has 142 valence electrons. The lowest BCUT2D eigenvalue weighted by molar-refractivity contribution is 0.122. The molecule has 1 aliphatic heterocycles. The Bertz CT molecular complexity index is 903. The minimum Gasteiger partial charge on any atom is -0.378 e. The number of nitrogens with one attached hydrogen (secondary N) is 1. The SMILES string of the molecule is Cc1cc(N2CCOCC2)nc(CNS(=O)(=O)c2c(C)nn(C)c2C)n1. The summed E-state index contributed by atoms with van der Waals surface area (Å²) in [6.07, 6.45) is 0. The molecule has 10 heteroatoms. The summed E-state index contributed by atoms with van der Waals surface area (Å²) in [6, 6.07) is 1.90. The monoisotopic (exact) mass is 380 g/mol. The Morgan fingerprint density at radius 1 is 1.19 bits per heavy atom. The summed E-state index contributed by atoms with van der Waals surface area (Å²) in [6.45, 7) is 8.14. The van der Waals surface area contributed by atoms with Crippen LogP contribution in [0.1, 0.15) is 22.9 Å². The Hall–Kier alpha value is -2.04. The van der Waals surface area contributed by atoms with Crippen LogP contribution in [0.5, 0.6) is 0 Å². The van der Waals surface area contributed by atoms with Crippen molar-refractivity contribution in [1.29, 1.82) is 0 Å². The van der Waals surface area contributed by atoms with Crippen LogP contribution in [-0.4, -0.2) is 54.5 Å². The lowest BCUT2D eigenvalue weighted by atomic mass is 10.3. The van der Waals surface area contributed by atoms with Gasteiger partial charge in [-0.15, -0.1) is 0 Å². The fourth-order valence-electron chi connectivity index (χ4n) is 3.02. The summed E-state index contributed by atoms with van der Waals surface area (Å²) in [4.78, 5) is 11.2. The molecule has 0 radical (unpaired) electrons. The van der Waals surface area contributed by atoms with Crippen LogP contribution < -0.4 is 9.62 Å². The van der Waals surface area contributed by atoms with E-state index in [1.165, 1.54) is 0 Å². The zero-order valence-corrected chi connectivity index (χ0v) is 16.3. The molecule has 0 unspecified atom stereocenters. The smallest absolute Gasteiger partial charge is 0.244 e. The summed E-state index contributed by atoms with van der Waals surface area (Å²) >= 11 is 0. The van der Waals surface area contributed by atoms with Crippen molar-refractivity contribution in [3.8, 4) is 0 Å². The molecule has 2 aromatic rings. The highest BCUT2D eigenvalue weighted by Gasteiger charge is 2.24. The van der Waals surface area contributed by atoms with Crippen LogP contribution in [0.4, 0.5) is 5.82 Å². The average Bonchev–Trinajstić information content (AvgIpc) is 2.86. The standard InChI is InChI=1S/C16H24N6O3S/c1-11-9-15(22-5-7-25-8-6-22)19-14(18-11)10-17-26(23,24)16-12(2)20-21(4)13(16)3/h9,17H,5-8,10H2,1-4H3. The number of aryl methyl sites for hydroxylation is 3. The van der Waals surface area contributed by atoms with E-state index in [0.29, 0.717) is 30.4 Å². The fourth-order valence-corrected chi connectivity index (χ4v) is 4.43. The summed E-state index contributed by atoms with van der Waals surface area (Å²) in [5.74, 6) is 1.23.